The quantitative estimate of drug-likeness (QED) is 0.625. The van der Waals surface area contributed by atoms with Crippen molar-refractivity contribution in [3.05, 3.63) is 0 Å². The molecule has 0 bridgehead atoms. The van der Waals surface area contributed by atoms with Crippen molar-refractivity contribution in [3.8, 4) is 0 Å². The van der Waals surface area contributed by atoms with Crippen LogP contribution in [-0.2, 0) is 9.59 Å². The monoisotopic (exact) mass is 188 g/mol. The van der Waals surface area contributed by atoms with Gasteiger partial charge in [0, 0.05) is 6.54 Å². The Kier molecular flexibility index (Phi) is 12.5. The SMILES string of the molecule is CCCNC(=O)CC(C)=O.CNC. The molecule has 4 heteroatoms. The minimum Gasteiger partial charge on any atom is -0.356 e. The fourth-order valence-corrected chi connectivity index (χ4v) is 0.553. The lowest BCUT2D eigenvalue weighted by atomic mass is 10.3. The number of nitrogens with one attached hydrogen (secondary N) is 2. The average Bonchev–Trinajstić information content (AvgIpc) is 2.01. The summed E-state index contributed by atoms with van der Waals surface area (Å²) in [5.74, 6) is -0.261. The molecular formula is C9H20N2O2. The van der Waals surface area contributed by atoms with Crippen LogP contribution in [0.3, 0.4) is 0 Å². The van der Waals surface area contributed by atoms with E-state index in [0.717, 1.165) is 6.42 Å². The Morgan fingerprint density at radius 3 is 2.00 bits per heavy atom. The average molecular weight is 188 g/mol. The Morgan fingerprint density at radius 2 is 1.69 bits per heavy atom. The third-order valence-electron chi connectivity index (χ3n) is 0.982. The van der Waals surface area contributed by atoms with Crippen LogP contribution >= 0.6 is 0 Å². The van der Waals surface area contributed by atoms with Crippen molar-refractivity contribution in [2.75, 3.05) is 20.6 Å². The maximum absolute atomic E-state index is 10.7. The zero-order valence-electron chi connectivity index (χ0n) is 8.94. The predicted molar refractivity (Wildman–Crippen MR) is 53.6 cm³/mol. The van der Waals surface area contributed by atoms with Gasteiger partial charge in [0.25, 0.3) is 0 Å². The number of hydrogen-bond acceptors (Lipinski definition) is 3. The molecule has 0 saturated carbocycles. The van der Waals surface area contributed by atoms with Crippen molar-refractivity contribution in [3.63, 3.8) is 0 Å². The van der Waals surface area contributed by atoms with Crippen LogP contribution in [-0.4, -0.2) is 32.3 Å². The fraction of sp³-hybridized carbons (Fsp3) is 0.778. The number of carbonyl (C=O) groups is 2. The Labute approximate surface area is 80.1 Å². The molecule has 0 unspecified atom stereocenters. The third kappa shape index (κ3) is 18.2. The molecule has 0 atom stereocenters. The van der Waals surface area contributed by atoms with Gasteiger partial charge in [-0.25, -0.2) is 0 Å². The lowest BCUT2D eigenvalue weighted by molar-refractivity contribution is -0.127. The Hall–Kier alpha value is -0.900. The van der Waals surface area contributed by atoms with Gasteiger partial charge in [-0.3, -0.25) is 9.59 Å². The van der Waals surface area contributed by atoms with Crippen molar-refractivity contribution < 1.29 is 9.59 Å². The number of Topliss-reactive ketones (excluding diaryl/α,β-unsaturated/α-hetero) is 1. The van der Waals surface area contributed by atoms with Crippen LogP contribution in [0.4, 0.5) is 0 Å². The normalized spacial score (nSPS) is 8.31. The number of carbonyl (C=O) groups excluding carboxylic acids is 2. The molecule has 0 saturated heterocycles. The molecule has 0 spiro atoms. The summed E-state index contributed by atoms with van der Waals surface area (Å²) in [5.41, 5.74) is 0. The van der Waals surface area contributed by atoms with E-state index in [2.05, 4.69) is 10.6 Å². The molecule has 0 aliphatic heterocycles. The van der Waals surface area contributed by atoms with Gasteiger partial charge in [-0.05, 0) is 27.4 Å². The van der Waals surface area contributed by atoms with E-state index in [4.69, 9.17) is 0 Å². The molecule has 13 heavy (non-hydrogen) atoms. The molecule has 0 aromatic carbocycles. The van der Waals surface area contributed by atoms with Crippen LogP contribution in [0.5, 0.6) is 0 Å². The highest BCUT2D eigenvalue weighted by Gasteiger charge is 2.01. The van der Waals surface area contributed by atoms with E-state index >= 15 is 0 Å². The summed E-state index contributed by atoms with van der Waals surface area (Å²) in [6, 6.07) is 0. The summed E-state index contributed by atoms with van der Waals surface area (Å²) in [5, 5.41) is 5.35. The third-order valence-corrected chi connectivity index (χ3v) is 0.982. The van der Waals surface area contributed by atoms with E-state index < -0.39 is 0 Å². The van der Waals surface area contributed by atoms with Gasteiger partial charge in [0.2, 0.25) is 5.91 Å². The number of rotatable bonds is 4. The van der Waals surface area contributed by atoms with Gasteiger partial charge in [-0.1, -0.05) is 6.92 Å². The molecule has 78 valence electrons. The van der Waals surface area contributed by atoms with Gasteiger partial charge in [-0.2, -0.15) is 0 Å². The largest absolute Gasteiger partial charge is 0.356 e. The second kappa shape index (κ2) is 11.1. The van der Waals surface area contributed by atoms with Gasteiger partial charge >= 0.3 is 0 Å². The van der Waals surface area contributed by atoms with Crippen LogP contribution < -0.4 is 10.6 Å². The summed E-state index contributed by atoms with van der Waals surface area (Å²) in [7, 11) is 3.75. The fourth-order valence-electron chi connectivity index (χ4n) is 0.553. The summed E-state index contributed by atoms with van der Waals surface area (Å²) >= 11 is 0. The van der Waals surface area contributed by atoms with E-state index in [1.54, 1.807) is 0 Å². The first-order valence-electron chi connectivity index (χ1n) is 4.43. The second-order valence-electron chi connectivity index (χ2n) is 2.73. The highest BCUT2D eigenvalue weighted by Crippen LogP contribution is 1.81. The summed E-state index contributed by atoms with van der Waals surface area (Å²) in [6.07, 6.45) is 0.920. The highest BCUT2D eigenvalue weighted by atomic mass is 16.2. The molecule has 4 nitrogen and oxygen atoms in total. The summed E-state index contributed by atoms with van der Waals surface area (Å²) in [4.78, 5) is 21.0. The maximum Gasteiger partial charge on any atom is 0.227 e. The second-order valence-corrected chi connectivity index (χ2v) is 2.73. The smallest absolute Gasteiger partial charge is 0.227 e. The van der Waals surface area contributed by atoms with E-state index in [1.807, 2.05) is 21.0 Å². The highest BCUT2D eigenvalue weighted by molar-refractivity contribution is 5.96. The maximum atomic E-state index is 10.7. The lowest BCUT2D eigenvalue weighted by Gasteiger charge is -1.98. The molecule has 2 N–H and O–H groups in total. The Balaban J connectivity index is 0. The van der Waals surface area contributed by atoms with E-state index in [-0.39, 0.29) is 18.1 Å². The van der Waals surface area contributed by atoms with Gasteiger partial charge in [0.05, 0.1) is 6.42 Å². The van der Waals surface area contributed by atoms with Crippen molar-refractivity contribution >= 4 is 11.7 Å². The Bertz CT molecular complexity index is 147. The topological polar surface area (TPSA) is 58.2 Å². The van der Waals surface area contributed by atoms with Crippen LogP contribution in [0, 0.1) is 0 Å². The zero-order chi connectivity index (χ0) is 10.7. The number of hydrogen-bond donors (Lipinski definition) is 2. The Morgan fingerprint density at radius 1 is 1.23 bits per heavy atom. The first-order valence-corrected chi connectivity index (χ1v) is 4.43. The van der Waals surface area contributed by atoms with E-state index in [1.165, 1.54) is 6.92 Å². The minimum absolute atomic E-state index is 0.0139. The van der Waals surface area contributed by atoms with Crippen molar-refractivity contribution in [2.24, 2.45) is 0 Å². The van der Waals surface area contributed by atoms with Crippen molar-refractivity contribution in [1.82, 2.24) is 10.6 Å². The first kappa shape index (κ1) is 14.6. The molecule has 0 rings (SSSR count). The first-order chi connectivity index (χ1) is 6.08. The molecule has 0 aromatic heterocycles. The standard InChI is InChI=1S/C7H13NO2.C2H7N/c1-3-4-8-7(10)5-6(2)9;1-3-2/h3-5H2,1-2H3,(H,8,10);3H,1-2H3. The number of amides is 1. The summed E-state index contributed by atoms with van der Waals surface area (Å²) < 4.78 is 0. The molecule has 1 amide bonds. The molecule has 0 heterocycles. The van der Waals surface area contributed by atoms with E-state index in [0.29, 0.717) is 6.54 Å². The zero-order valence-corrected chi connectivity index (χ0v) is 8.94. The molecule has 0 aliphatic carbocycles. The van der Waals surface area contributed by atoms with Gasteiger partial charge < -0.3 is 10.6 Å². The molecular weight excluding hydrogens is 168 g/mol. The van der Waals surface area contributed by atoms with Gasteiger partial charge in [0.1, 0.15) is 5.78 Å². The van der Waals surface area contributed by atoms with E-state index in [9.17, 15) is 9.59 Å². The number of ketones is 1. The molecule has 0 fully saturated rings. The van der Waals surface area contributed by atoms with Crippen molar-refractivity contribution in [2.45, 2.75) is 26.7 Å². The predicted octanol–water partition coefficient (Wildman–Crippen LogP) is 0.327. The van der Waals surface area contributed by atoms with Crippen LogP contribution in [0.1, 0.15) is 26.7 Å². The molecule has 0 aliphatic rings. The summed E-state index contributed by atoms with van der Waals surface area (Å²) in [6.45, 7) is 4.03. The molecule has 0 radical (unpaired) electrons. The van der Waals surface area contributed by atoms with Crippen LogP contribution in [0.2, 0.25) is 0 Å². The lowest BCUT2D eigenvalue weighted by Crippen LogP contribution is -2.25. The van der Waals surface area contributed by atoms with Crippen molar-refractivity contribution in [1.29, 1.82) is 0 Å². The molecule has 0 aromatic rings. The van der Waals surface area contributed by atoms with Gasteiger partial charge in [0.15, 0.2) is 0 Å². The van der Waals surface area contributed by atoms with Gasteiger partial charge in [-0.15, -0.1) is 0 Å². The van der Waals surface area contributed by atoms with Crippen LogP contribution in [0.25, 0.3) is 0 Å². The van der Waals surface area contributed by atoms with Crippen LogP contribution in [0.15, 0.2) is 0 Å². The minimum atomic E-state index is -0.172.